The van der Waals surface area contributed by atoms with Gasteiger partial charge in [-0.25, -0.2) is 0 Å². The molecular weight excluding hydrogens is 380 g/mol. The van der Waals surface area contributed by atoms with Crippen LogP contribution in [0, 0.1) is 5.92 Å². The molecule has 1 aromatic carbocycles. The zero-order chi connectivity index (χ0) is 20.5. The molecule has 7 heteroatoms. The third kappa shape index (κ3) is 3.47. The molecule has 2 atom stereocenters. The number of likely N-dealkylation sites (tertiary alicyclic amines) is 2. The summed E-state index contributed by atoms with van der Waals surface area (Å²) >= 11 is 0. The summed E-state index contributed by atoms with van der Waals surface area (Å²) < 4.78 is 5.33. The summed E-state index contributed by atoms with van der Waals surface area (Å²) in [6.45, 7) is 1.94. The molecule has 2 aliphatic heterocycles. The van der Waals surface area contributed by atoms with Gasteiger partial charge in [0.1, 0.15) is 5.69 Å². The summed E-state index contributed by atoms with van der Waals surface area (Å²) in [5.41, 5.74) is 2.50. The first kappa shape index (κ1) is 18.5. The van der Waals surface area contributed by atoms with Gasteiger partial charge in [-0.2, -0.15) is 0 Å². The number of hydrogen-bond acceptors (Lipinski definition) is 5. The van der Waals surface area contributed by atoms with Crippen LogP contribution in [0.5, 0.6) is 0 Å². The standard InChI is InChI=1S/C23H22N4O3/c28-22(11-16-5-4-9-24-13-16)27-15-18-14-26(10-8-20(18)27)23(29)21-12-19(25-30-21)17-6-2-1-3-7-17/h1-7,9,12-13,18,20H,8,10-11,14-15H2/t18-,20-/m0/s1. The maximum Gasteiger partial charge on any atom is 0.292 e. The molecule has 7 nitrogen and oxygen atoms in total. The van der Waals surface area contributed by atoms with E-state index in [9.17, 15) is 9.59 Å². The first-order valence-electron chi connectivity index (χ1n) is 10.2. The van der Waals surface area contributed by atoms with Crippen LogP contribution in [0.15, 0.2) is 65.4 Å². The highest BCUT2D eigenvalue weighted by Gasteiger charge is 2.45. The van der Waals surface area contributed by atoms with Crippen LogP contribution in [0.1, 0.15) is 22.5 Å². The minimum absolute atomic E-state index is 0.131. The summed E-state index contributed by atoms with van der Waals surface area (Å²) in [6.07, 6.45) is 4.60. The van der Waals surface area contributed by atoms with Crippen LogP contribution in [-0.2, 0) is 11.2 Å². The summed E-state index contributed by atoms with van der Waals surface area (Å²) in [4.78, 5) is 33.3. The minimum atomic E-state index is -0.136. The fraction of sp³-hybridized carbons (Fsp3) is 0.304. The zero-order valence-electron chi connectivity index (χ0n) is 16.5. The normalized spacial score (nSPS) is 20.4. The van der Waals surface area contributed by atoms with Gasteiger partial charge in [-0.3, -0.25) is 14.6 Å². The fourth-order valence-corrected chi connectivity index (χ4v) is 4.39. The Morgan fingerprint density at radius 3 is 2.73 bits per heavy atom. The van der Waals surface area contributed by atoms with Crippen LogP contribution in [0.25, 0.3) is 11.3 Å². The van der Waals surface area contributed by atoms with E-state index in [4.69, 9.17) is 4.52 Å². The molecule has 5 rings (SSSR count). The van der Waals surface area contributed by atoms with Gasteiger partial charge in [-0.1, -0.05) is 41.6 Å². The SMILES string of the molecule is O=C(c1cc(-c2ccccc2)no1)N1CC[C@H]2[C@@H](C1)CN2C(=O)Cc1cccnc1. The van der Waals surface area contributed by atoms with Crippen LogP contribution >= 0.6 is 0 Å². The number of carbonyl (C=O) groups excluding carboxylic acids is 2. The highest BCUT2D eigenvalue weighted by Crippen LogP contribution is 2.33. The molecule has 152 valence electrons. The Morgan fingerprint density at radius 2 is 1.97 bits per heavy atom. The predicted octanol–water partition coefficient (Wildman–Crippen LogP) is 2.65. The highest BCUT2D eigenvalue weighted by atomic mass is 16.5. The van der Waals surface area contributed by atoms with E-state index in [0.29, 0.717) is 37.7 Å². The van der Waals surface area contributed by atoms with Crippen molar-refractivity contribution in [2.75, 3.05) is 19.6 Å². The van der Waals surface area contributed by atoms with E-state index in [-0.39, 0.29) is 23.6 Å². The van der Waals surface area contributed by atoms with Gasteiger partial charge < -0.3 is 14.3 Å². The molecule has 30 heavy (non-hydrogen) atoms. The van der Waals surface area contributed by atoms with Crippen molar-refractivity contribution in [1.29, 1.82) is 0 Å². The molecule has 0 N–H and O–H groups in total. The van der Waals surface area contributed by atoms with Crippen LogP contribution < -0.4 is 0 Å². The van der Waals surface area contributed by atoms with Gasteiger partial charge in [-0.05, 0) is 18.1 Å². The molecule has 2 saturated heterocycles. The second-order valence-corrected chi connectivity index (χ2v) is 7.89. The number of carbonyl (C=O) groups is 2. The lowest BCUT2D eigenvalue weighted by atomic mass is 9.82. The number of pyridine rings is 1. The van der Waals surface area contributed by atoms with Crippen molar-refractivity contribution in [1.82, 2.24) is 19.9 Å². The van der Waals surface area contributed by atoms with Crippen LogP contribution in [-0.4, -0.2) is 57.4 Å². The number of piperidine rings is 1. The average Bonchev–Trinajstić information content (AvgIpc) is 3.26. The lowest BCUT2D eigenvalue weighted by Gasteiger charge is -2.53. The third-order valence-corrected chi connectivity index (χ3v) is 6.00. The predicted molar refractivity (Wildman–Crippen MR) is 109 cm³/mol. The molecule has 2 aliphatic rings. The molecular formula is C23H22N4O3. The number of nitrogens with zero attached hydrogens (tertiary/aromatic N) is 4. The van der Waals surface area contributed by atoms with Crippen molar-refractivity contribution in [2.45, 2.75) is 18.9 Å². The summed E-state index contributed by atoms with van der Waals surface area (Å²) in [6, 6.07) is 15.3. The van der Waals surface area contributed by atoms with Crippen LogP contribution in [0.4, 0.5) is 0 Å². The van der Waals surface area contributed by atoms with Crippen molar-refractivity contribution in [3.63, 3.8) is 0 Å². The van der Waals surface area contributed by atoms with Gasteiger partial charge in [0.2, 0.25) is 11.7 Å². The van der Waals surface area contributed by atoms with E-state index in [0.717, 1.165) is 17.5 Å². The molecule has 2 amide bonds. The van der Waals surface area contributed by atoms with Gasteiger partial charge >= 0.3 is 0 Å². The smallest absolute Gasteiger partial charge is 0.292 e. The molecule has 2 aromatic heterocycles. The Kier molecular flexibility index (Phi) is 4.78. The molecule has 0 bridgehead atoms. The Labute approximate surface area is 174 Å². The van der Waals surface area contributed by atoms with E-state index in [1.54, 1.807) is 18.5 Å². The van der Waals surface area contributed by atoms with Gasteiger partial charge in [0.15, 0.2) is 0 Å². The number of rotatable bonds is 4. The lowest BCUT2D eigenvalue weighted by Crippen LogP contribution is -2.65. The van der Waals surface area contributed by atoms with E-state index < -0.39 is 0 Å². The second-order valence-electron chi connectivity index (χ2n) is 7.89. The van der Waals surface area contributed by atoms with Gasteiger partial charge in [-0.15, -0.1) is 0 Å². The number of fused-ring (bicyclic) bond motifs is 1. The Bertz CT molecular complexity index is 1050. The van der Waals surface area contributed by atoms with Crippen molar-refractivity contribution < 1.29 is 14.1 Å². The topological polar surface area (TPSA) is 79.5 Å². The monoisotopic (exact) mass is 402 g/mol. The molecule has 0 aliphatic carbocycles. The molecule has 2 fully saturated rings. The Hall–Kier alpha value is -3.48. The van der Waals surface area contributed by atoms with Crippen molar-refractivity contribution in [2.24, 2.45) is 5.92 Å². The number of benzene rings is 1. The molecule has 0 unspecified atom stereocenters. The molecule has 3 aromatic rings. The summed E-state index contributed by atoms with van der Waals surface area (Å²) in [5, 5.41) is 4.04. The first-order chi connectivity index (χ1) is 14.7. The van der Waals surface area contributed by atoms with Gasteiger partial charge in [0.05, 0.1) is 6.42 Å². The quantitative estimate of drug-likeness (QED) is 0.670. The largest absolute Gasteiger partial charge is 0.350 e. The van der Waals surface area contributed by atoms with Gasteiger partial charge in [0.25, 0.3) is 5.91 Å². The van der Waals surface area contributed by atoms with E-state index in [1.165, 1.54) is 0 Å². The van der Waals surface area contributed by atoms with Crippen LogP contribution in [0.3, 0.4) is 0 Å². The van der Waals surface area contributed by atoms with Crippen LogP contribution in [0.2, 0.25) is 0 Å². The molecule has 0 spiro atoms. The lowest BCUT2D eigenvalue weighted by molar-refractivity contribution is -0.146. The molecule has 0 radical (unpaired) electrons. The highest BCUT2D eigenvalue weighted by molar-refractivity contribution is 5.92. The van der Waals surface area contributed by atoms with Crippen molar-refractivity contribution in [3.8, 4) is 11.3 Å². The van der Waals surface area contributed by atoms with E-state index >= 15 is 0 Å². The first-order valence-corrected chi connectivity index (χ1v) is 10.2. The van der Waals surface area contributed by atoms with Gasteiger partial charge in [0, 0.05) is 55.6 Å². The molecule has 4 heterocycles. The maximum atomic E-state index is 12.9. The van der Waals surface area contributed by atoms with Crippen molar-refractivity contribution >= 4 is 11.8 Å². The second kappa shape index (κ2) is 7.74. The van der Waals surface area contributed by atoms with E-state index in [2.05, 4.69) is 10.1 Å². The fourth-order valence-electron chi connectivity index (χ4n) is 4.39. The Balaban J connectivity index is 1.19. The third-order valence-electron chi connectivity index (χ3n) is 6.00. The summed E-state index contributed by atoms with van der Waals surface area (Å²) in [7, 11) is 0. The minimum Gasteiger partial charge on any atom is -0.350 e. The number of hydrogen-bond donors (Lipinski definition) is 0. The Morgan fingerprint density at radius 1 is 1.10 bits per heavy atom. The maximum absolute atomic E-state index is 12.9. The summed E-state index contributed by atoms with van der Waals surface area (Å²) in [5.74, 6) is 0.572. The van der Waals surface area contributed by atoms with E-state index in [1.807, 2.05) is 52.3 Å². The zero-order valence-corrected chi connectivity index (χ0v) is 16.5. The number of aromatic nitrogens is 2. The average molecular weight is 402 g/mol. The number of amides is 2. The molecule has 0 saturated carbocycles. The van der Waals surface area contributed by atoms with Crippen molar-refractivity contribution in [3.05, 3.63) is 72.2 Å².